The molecule has 4 nitrogen and oxygen atoms in total. The van der Waals surface area contributed by atoms with Crippen molar-refractivity contribution in [2.24, 2.45) is 0 Å². The molecule has 0 saturated carbocycles. The summed E-state index contributed by atoms with van der Waals surface area (Å²) in [5, 5.41) is 5.54. The van der Waals surface area contributed by atoms with Crippen LogP contribution in [0.3, 0.4) is 0 Å². The van der Waals surface area contributed by atoms with Crippen molar-refractivity contribution < 1.29 is 9.47 Å². The molecule has 0 aliphatic carbocycles. The van der Waals surface area contributed by atoms with Gasteiger partial charge in [0.25, 0.3) is 0 Å². The largest absolute Gasteiger partial charge is 0.497 e. The van der Waals surface area contributed by atoms with Gasteiger partial charge < -0.3 is 9.47 Å². The first-order chi connectivity index (χ1) is 9.81. The van der Waals surface area contributed by atoms with Crippen molar-refractivity contribution >= 4 is 10.9 Å². The van der Waals surface area contributed by atoms with Gasteiger partial charge in [-0.15, -0.1) is 5.10 Å². The second-order valence-electron chi connectivity index (χ2n) is 4.53. The number of rotatable bonds is 4. The summed E-state index contributed by atoms with van der Waals surface area (Å²) < 4.78 is 12.5. The Morgan fingerprint density at radius 3 is 2.40 bits per heavy atom. The number of hydrogen-bond donors (Lipinski definition) is 0. The Bertz CT molecular complexity index is 717. The van der Waals surface area contributed by atoms with E-state index in [-0.39, 0.29) is 0 Å². The van der Waals surface area contributed by atoms with Crippen molar-refractivity contribution in [3.63, 3.8) is 0 Å². The molecule has 1 heterocycles. The maximum absolute atomic E-state index is 5.33. The lowest BCUT2D eigenvalue weighted by Crippen LogP contribution is -2.01. The first-order valence-corrected chi connectivity index (χ1v) is 6.44. The highest BCUT2D eigenvalue weighted by Gasteiger charge is 2.10. The number of methoxy groups -OCH3 is 2. The number of fused-ring (bicyclic) bond motifs is 1. The molecule has 1 aromatic heterocycles. The third-order valence-electron chi connectivity index (χ3n) is 3.31. The maximum atomic E-state index is 5.33. The quantitative estimate of drug-likeness (QED) is 0.729. The number of benzene rings is 2. The highest BCUT2D eigenvalue weighted by Crippen LogP contribution is 2.25. The zero-order valence-corrected chi connectivity index (χ0v) is 11.5. The van der Waals surface area contributed by atoms with Crippen LogP contribution in [0.15, 0.2) is 48.5 Å². The van der Waals surface area contributed by atoms with Crippen molar-refractivity contribution in [1.82, 2.24) is 9.78 Å². The van der Waals surface area contributed by atoms with Gasteiger partial charge in [0.05, 0.1) is 31.7 Å². The molecule has 0 radical (unpaired) electrons. The van der Waals surface area contributed by atoms with Crippen molar-refractivity contribution in [3.05, 3.63) is 54.1 Å². The van der Waals surface area contributed by atoms with Crippen LogP contribution in [0.5, 0.6) is 11.6 Å². The first kappa shape index (κ1) is 12.5. The molecule has 0 unspecified atom stereocenters. The van der Waals surface area contributed by atoms with Gasteiger partial charge in [-0.05, 0) is 29.8 Å². The molecule has 0 amide bonds. The summed E-state index contributed by atoms with van der Waals surface area (Å²) >= 11 is 0. The summed E-state index contributed by atoms with van der Waals surface area (Å²) in [5.74, 6) is 1.52. The van der Waals surface area contributed by atoms with Crippen molar-refractivity contribution in [2.45, 2.75) is 6.54 Å². The summed E-state index contributed by atoms with van der Waals surface area (Å²) in [6.45, 7) is 0.702. The van der Waals surface area contributed by atoms with E-state index in [1.807, 2.05) is 53.2 Å². The van der Waals surface area contributed by atoms with Gasteiger partial charge in [-0.25, -0.2) is 0 Å². The van der Waals surface area contributed by atoms with Crippen molar-refractivity contribution in [1.29, 1.82) is 0 Å². The van der Waals surface area contributed by atoms with Crippen molar-refractivity contribution in [2.75, 3.05) is 14.2 Å². The van der Waals surface area contributed by atoms with Crippen LogP contribution in [-0.2, 0) is 6.54 Å². The Labute approximate surface area is 117 Å². The molecule has 0 atom stereocenters. The van der Waals surface area contributed by atoms with Gasteiger partial charge in [-0.3, -0.25) is 4.68 Å². The van der Waals surface area contributed by atoms with E-state index in [4.69, 9.17) is 9.47 Å². The summed E-state index contributed by atoms with van der Waals surface area (Å²) in [5.41, 5.74) is 2.24. The standard InChI is InChI=1S/C16H16N2O2/c1-19-13-9-7-12(8-10-13)11-18-15-6-4-3-5-14(15)16(17-18)20-2/h3-10H,11H2,1-2H3. The molecule has 4 heteroatoms. The fourth-order valence-corrected chi connectivity index (χ4v) is 2.27. The molecule has 0 aliphatic rings. The smallest absolute Gasteiger partial charge is 0.240 e. The van der Waals surface area contributed by atoms with Gasteiger partial charge in [0.15, 0.2) is 0 Å². The van der Waals surface area contributed by atoms with Gasteiger partial charge >= 0.3 is 0 Å². The van der Waals surface area contributed by atoms with Gasteiger partial charge in [-0.2, -0.15) is 0 Å². The summed E-state index contributed by atoms with van der Waals surface area (Å²) in [4.78, 5) is 0. The minimum absolute atomic E-state index is 0.661. The van der Waals surface area contributed by atoms with Crippen LogP contribution in [0.25, 0.3) is 10.9 Å². The Morgan fingerprint density at radius 1 is 0.950 bits per heavy atom. The van der Waals surface area contributed by atoms with Gasteiger partial charge in [0.1, 0.15) is 5.75 Å². The molecule has 0 N–H and O–H groups in total. The zero-order chi connectivity index (χ0) is 13.9. The van der Waals surface area contributed by atoms with E-state index >= 15 is 0 Å². The molecule has 0 spiro atoms. The van der Waals surface area contributed by atoms with E-state index in [1.54, 1.807) is 14.2 Å². The Balaban J connectivity index is 1.97. The third kappa shape index (κ3) is 2.20. The topological polar surface area (TPSA) is 36.3 Å². The van der Waals surface area contributed by atoms with E-state index < -0.39 is 0 Å². The second kappa shape index (κ2) is 5.25. The molecule has 102 valence electrons. The zero-order valence-electron chi connectivity index (χ0n) is 11.5. The van der Waals surface area contributed by atoms with Gasteiger partial charge in [0.2, 0.25) is 5.88 Å². The van der Waals surface area contributed by atoms with Crippen LogP contribution in [0, 0.1) is 0 Å². The second-order valence-corrected chi connectivity index (χ2v) is 4.53. The molecular formula is C16H16N2O2. The molecule has 3 rings (SSSR count). The Kier molecular flexibility index (Phi) is 3.29. The highest BCUT2D eigenvalue weighted by atomic mass is 16.5. The van der Waals surface area contributed by atoms with E-state index in [9.17, 15) is 0 Å². The molecule has 0 saturated heterocycles. The van der Waals surface area contributed by atoms with Crippen LogP contribution >= 0.6 is 0 Å². The lowest BCUT2D eigenvalue weighted by atomic mass is 10.2. The molecule has 0 bridgehead atoms. The third-order valence-corrected chi connectivity index (χ3v) is 3.31. The van der Waals surface area contributed by atoms with E-state index in [0.717, 1.165) is 16.7 Å². The van der Waals surface area contributed by atoms with Crippen LogP contribution in [0.1, 0.15) is 5.56 Å². The monoisotopic (exact) mass is 268 g/mol. The van der Waals surface area contributed by atoms with E-state index in [0.29, 0.717) is 12.4 Å². The minimum atomic E-state index is 0.661. The summed E-state index contributed by atoms with van der Waals surface area (Å²) in [6, 6.07) is 16.1. The fourth-order valence-electron chi connectivity index (χ4n) is 2.27. The van der Waals surface area contributed by atoms with Crippen molar-refractivity contribution in [3.8, 4) is 11.6 Å². The van der Waals surface area contributed by atoms with Gasteiger partial charge in [-0.1, -0.05) is 24.3 Å². The van der Waals surface area contributed by atoms with Crippen LogP contribution in [0.4, 0.5) is 0 Å². The van der Waals surface area contributed by atoms with Crippen LogP contribution in [0.2, 0.25) is 0 Å². The molecule has 0 fully saturated rings. The molecule has 0 aliphatic heterocycles. The first-order valence-electron chi connectivity index (χ1n) is 6.44. The number of aromatic nitrogens is 2. The minimum Gasteiger partial charge on any atom is -0.497 e. The lowest BCUT2D eigenvalue weighted by molar-refractivity contribution is 0.394. The maximum Gasteiger partial charge on any atom is 0.240 e. The summed E-state index contributed by atoms with van der Waals surface area (Å²) in [6.07, 6.45) is 0. The SMILES string of the molecule is COc1ccc(Cn2nc(OC)c3ccccc32)cc1. The molecular weight excluding hydrogens is 252 g/mol. The number of para-hydroxylation sites is 1. The number of nitrogens with zero attached hydrogens (tertiary/aromatic N) is 2. The normalized spacial score (nSPS) is 10.7. The summed E-state index contributed by atoms with van der Waals surface area (Å²) in [7, 11) is 3.31. The number of ether oxygens (including phenoxy) is 2. The average Bonchev–Trinajstić information content (AvgIpc) is 2.86. The van der Waals surface area contributed by atoms with E-state index in [1.165, 1.54) is 5.56 Å². The average molecular weight is 268 g/mol. The van der Waals surface area contributed by atoms with Gasteiger partial charge in [0, 0.05) is 0 Å². The Morgan fingerprint density at radius 2 is 1.70 bits per heavy atom. The number of hydrogen-bond acceptors (Lipinski definition) is 3. The van der Waals surface area contributed by atoms with Crippen LogP contribution < -0.4 is 9.47 Å². The fraction of sp³-hybridized carbons (Fsp3) is 0.188. The molecule has 2 aromatic carbocycles. The van der Waals surface area contributed by atoms with Crippen LogP contribution in [-0.4, -0.2) is 24.0 Å². The molecule has 20 heavy (non-hydrogen) atoms. The highest BCUT2D eigenvalue weighted by molar-refractivity contribution is 5.84. The molecule has 3 aromatic rings. The predicted octanol–water partition coefficient (Wildman–Crippen LogP) is 3.10. The van der Waals surface area contributed by atoms with E-state index in [2.05, 4.69) is 5.10 Å². The Hall–Kier alpha value is -2.49. The predicted molar refractivity (Wildman–Crippen MR) is 78.4 cm³/mol. The lowest BCUT2D eigenvalue weighted by Gasteiger charge is -2.05.